The van der Waals surface area contributed by atoms with E-state index in [1.54, 1.807) is 12.3 Å². The van der Waals surface area contributed by atoms with Crippen molar-refractivity contribution in [3.05, 3.63) is 23.9 Å². The van der Waals surface area contributed by atoms with Crippen LogP contribution in [-0.4, -0.2) is 23.3 Å². The largest absolute Gasteiger partial charge is 0.287 e. The minimum atomic E-state index is -0.0992. The smallest absolute Gasteiger partial charge is 0.132 e. The van der Waals surface area contributed by atoms with Crippen LogP contribution >= 0.6 is 11.6 Å². The van der Waals surface area contributed by atoms with Crippen LogP contribution < -0.4 is 5.43 Å². The van der Waals surface area contributed by atoms with E-state index < -0.39 is 0 Å². The molecule has 0 saturated heterocycles. The Labute approximate surface area is 101 Å². The molecule has 0 amide bonds. The number of allylic oxidation sites excluding steroid dienone is 3. The molecule has 1 aliphatic heterocycles. The van der Waals surface area contributed by atoms with Gasteiger partial charge in [-0.15, -0.1) is 0 Å². The molecule has 16 heavy (non-hydrogen) atoms. The second-order valence-corrected chi connectivity index (χ2v) is 3.54. The van der Waals surface area contributed by atoms with Gasteiger partial charge in [0.25, 0.3) is 0 Å². The zero-order valence-electron chi connectivity index (χ0n) is 9.61. The Morgan fingerprint density at radius 2 is 2.19 bits per heavy atom. The molecule has 1 N–H and O–H groups in total. The first kappa shape index (κ1) is 12.6. The molecule has 0 aromatic carbocycles. The van der Waals surface area contributed by atoms with E-state index in [4.69, 9.17) is 11.6 Å². The van der Waals surface area contributed by atoms with Gasteiger partial charge in [-0.05, 0) is 32.9 Å². The molecule has 1 rings (SSSR count). The van der Waals surface area contributed by atoms with Crippen molar-refractivity contribution >= 4 is 28.7 Å². The number of hydrazone groups is 1. The van der Waals surface area contributed by atoms with Crippen LogP contribution in [-0.2, 0) is 0 Å². The topological polar surface area (TPSA) is 49.1 Å². The Hall–Kier alpha value is -1.42. The Kier molecular flexibility index (Phi) is 4.92. The average Bonchev–Trinajstić information content (AvgIpc) is 2.28. The van der Waals surface area contributed by atoms with E-state index in [0.29, 0.717) is 5.17 Å². The number of halogens is 1. The summed E-state index contributed by atoms with van der Waals surface area (Å²) < 4.78 is 0. The van der Waals surface area contributed by atoms with Gasteiger partial charge in [-0.2, -0.15) is 5.10 Å². The van der Waals surface area contributed by atoms with Crippen LogP contribution in [0.3, 0.4) is 0 Å². The van der Waals surface area contributed by atoms with E-state index in [0.717, 1.165) is 11.4 Å². The van der Waals surface area contributed by atoms with Crippen LogP contribution in [0.1, 0.15) is 20.8 Å². The molecule has 86 valence electrons. The van der Waals surface area contributed by atoms with Crippen molar-refractivity contribution in [1.29, 1.82) is 0 Å². The van der Waals surface area contributed by atoms with E-state index in [1.807, 2.05) is 32.9 Å². The van der Waals surface area contributed by atoms with Crippen molar-refractivity contribution in [3.63, 3.8) is 0 Å². The monoisotopic (exact) mass is 238 g/mol. The molecule has 5 heteroatoms. The van der Waals surface area contributed by atoms with E-state index in [2.05, 4.69) is 20.5 Å². The number of nitrogens with zero attached hydrogens (tertiary/aromatic N) is 3. The minimum Gasteiger partial charge on any atom is -0.287 e. The molecular formula is C11H15ClN4. The summed E-state index contributed by atoms with van der Waals surface area (Å²) in [4.78, 5) is 8.61. The van der Waals surface area contributed by atoms with Gasteiger partial charge in [0.1, 0.15) is 11.3 Å². The van der Waals surface area contributed by atoms with Gasteiger partial charge in [-0.25, -0.2) is 4.99 Å². The van der Waals surface area contributed by atoms with E-state index in [9.17, 15) is 0 Å². The van der Waals surface area contributed by atoms with Gasteiger partial charge in [0.05, 0.1) is 11.4 Å². The fraction of sp³-hybridized carbons (Fsp3) is 0.364. The summed E-state index contributed by atoms with van der Waals surface area (Å²) in [5, 5.41) is 4.39. The number of aliphatic imine (C=N–C) groups is 2. The summed E-state index contributed by atoms with van der Waals surface area (Å²) in [6, 6.07) is 0. The molecular weight excluding hydrogens is 224 g/mol. The van der Waals surface area contributed by atoms with Crippen LogP contribution in [0, 0.1) is 0 Å². The maximum absolute atomic E-state index is 5.80. The Morgan fingerprint density at radius 3 is 2.81 bits per heavy atom. The van der Waals surface area contributed by atoms with Crippen molar-refractivity contribution in [2.24, 2.45) is 15.1 Å². The SMILES string of the molecule is C/C=N\NC(C)N=C1C=CC(Cl)=N/C1=C/C. The van der Waals surface area contributed by atoms with Crippen molar-refractivity contribution in [3.8, 4) is 0 Å². The van der Waals surface area contributed by atoms with Crippen molar-refractivity contribution in [1.82, 2.24) is 5.43 Å². The van der Waals surface area contributed by atoms with Gasteiger partial charge in [0.2, 0.25) is 0 Å². The molecule has 1 unspecified atom stereocenters. The van der Waals surface area contributed by atoms with Crippen molar-refractivity contribution in [2.75, 3.05) is 0 Å². The van der Waals surface area contributed by atoms with Gasteiger partial charge in [-0.1, -0.05) is 17.7 Å². The lowest BCUT2D eigenvalue weighted by Crippen LogP contribution is -2.20. The second-order valence-electron chi connectivity index (χ2n) is 3.15. The summed E-state index contributed by atoms with van der Waals surface area (Å²) in [5.74, 6) is 0. The van der Waals surface area contributed by atoms with Crippen LogP contribution in [0.15, 0.2) is 39.0 Å². The zero-order valence-corrected chi connectivity index (χ0v) is 10.4. The Morgan fingerprint density at radius 1 is 1.44 bits per heavy atom. The van der Waals surface area contributed by atoms with Gasteiger partial charge in [0.15, 0.2) is 0 Å². The fourth-order valence-electron chi connectivity index (χ4n) is 1.18. The first-order valence-electron chi connectivity index (χ1n) is 5.07. The molecule has 1 heterocycles. The highest BCUT2D eigenvalue weighted by molar-refractivity contribution is 6.69. The maximum Gasteiger partial charge on any atom is 0.132 e. The lowest BCUT2D eigenvalue weighted by atomic mass is 10.2. The molecule has 0 bridgehead atoms. The third-order valence-corrected chi connectivity index (χ3v) is 2.08. The third kappa shape index (κ3) is 3.62. The van der Waals surface area contributed by atoms with E-state index in [1.165, 1.54) is 0 Å². The molecule has 0 radical (unpaired) electrons. The first-order chi connectivity index (χ1) is 7.67. The molecule has 0 aliphatic carbocycles. The number of rotatable bonds is 3. The fourth-order valence-corrected chi connectivity index (χ4v) is 1.34. The van der Waals surface area contributed by atoms with Gasteiger partial charge < -0.3 is 0 Å². The molecule has 0 fully saturated rings. The predicted molar refractivity (Wildman–Crippen MR) is 70.4 cm³/mol. The van der Waals surface area contributed by atoms with Crippen molar-refractivity contribution in [2.45, 2.75) is 26.9 Å². The second kappa shape index (κ2) is 6.23. The molecule has 1 aliphatic rings. The highest BCUT2D eigenvalue weighted by Gasteiger charge is 2.09. The number of hydrogen-bond donors (Lipinski definition) is 1. The lowest BCUT2D eigenvalue weighted by Gasteiger charge is -2.11. The minimum absolute atomic E-state index is 0.0992. The van der Waals surface area contributed by atoms with E-state index >= 15 is 0 Å². The summed E-state index contributed by atoms with van der Waals surface area (Å²) in [7, 11) is 0. The summed E-state index contributed by atoms with van der Waals surface area (Å²) in [5.41, 5.74) is 4.46. The van der Waals surface area contributed by atoms with Gasteiger partial charge in [-0.3, -0.25) is 10.4 Å². The quantitative estimate of drug-likeness (QED) is 0.596. The summed E-state index contributed by atoms with van der Waals surface area (Å²) >= 11 is 5.80. The summed E-state index contributed by atoms with van der Waals surface area (Å²) in [6.07, 6.45) is 7.03. The highest BCUT2D eigenvalue weighted by atomic mass is 35.5. The summed E-state index contributed by atoms with van der Waals surface area (Å²) in [6.45, 7) is 5.66. The van der Waals surface area contributed by atoms with Gasteiger partial charge >= 0.3 is 0 Å². The number of dihydropyridines is 1. The Balaban J connectivity index is 2.80. The Bertz CT molecular complexity index is 391. The number of nitrogens with one attached hydrogen (secondary N) is 1. The third-order valence-electron chi connectivity index (χ3n) is 1.87. The normalized spacial score (nSPS) is 22.9. The van der Waals surface area contributed by atoms with Crippen LogP contribution in [0.25, 0.3) is 0 Å². The number of hydrogen-bond acceptors (Lipinski definition) is 4. The molecule has 0 spiro atoms. The standard InChI is InChI=1S/C11H15ClN4/c1-4-9-10(6-7-11(12)15-9)14-8(3)16-13-5-2/h4-8,16H,1-3H3/b9-4+,13-5-,14-10?. The molecule has 0 aromatic heterocycles. The average molecular weight is 239 g/mol. The van der Waals surface area contributed by atoms with Crippen LogP contribution in [0.4, 0.5) is 0 Å². The van der Waals surface area contributed by atoms with Crippen LogP contribution in [0.5, 0.6) is 0 Å². The predicted octanol–water partition coefficient (Wildman–Crippen LogP) is 2.48. The molecule has 4 nitrogen and oxygen atoms in total. The maximum atomic E-state index is 5.80. The molecule has 0 aromatic rings. The highest BCUT2D eigenvalue weighted by Crippen LogP contribution is 2.11. The zero-order chi connectivity index (χ0) is 12.0. The molecule has 0 saturated carbocycles. The van der Waals surface area contributed by atoms with Crippen molar-refractivity contribution < 1.29 is 0 Å². The first-order valence-corrected chi connectivity index (χ1v) is 5.45. The molecule has 1 atom stereocenters. The lowest BCUT2D eigenvalue weighted by molar-refractivity contribution is 0.600. The van der Waals surface area contributed by atoms with Crippen LogP contribution in [0.2, 0.25) is 0 Å². The van der Waals surface area contributed by atoms with Gasteiger partial charge in [0, 0.05) is 6.21 Å². The van der Waals surface area contributed by atoms with E-state index in [-0.39, 0.29) is 6.17 Å².